The zero-order valence-electron chi connectivity index (χ0n) is 23.1. The van der Waals surface area contributed by atoms with Gasteiger partial charge in [0.1, 0.15) is 0 Å². The van der Waals surface area contributed by atoms with Gasteiger partial charge in [-0.3, -0.25) is 14.5 Å². The van der Waals surface area contributed by atoms with Gasteiger partial charge in [-0.15, -0.1) is 0 Å². The molecule has 0 saturated heterocycles. The van der Waals surface area contributed by atoms with E-state index < -0.39 is 16.9 Å². The number of halogens is 1. The summed E-state index contributed by atoms with van der Waals surface area (Å²) < 4.78 is 4.85. The second-order valence-electron chi connectivity index (χ2n) is 12.5. The lowest BCUT2D eigenvalue weighted by Gasteiger charge is -2.50. The lowest BCUT2D eigenvalue weighted by atomic mass is 9.68. The standard InChI is InChI=1S/C29H41ClN2O5/c1-27(2,3)12-10-18-8-9-20(16-22(18)30)29(6)23(28(4,5)13-11-24(33)34)17-32(26(36)31-29)21-14-19(15-21)25(35)37-7/h8-9,16-17,19,21H,10-15H2,1-7H3,(H,31,36)(H,33,34)/t19-,21-,29?. The molecular formula is C29H41ClN2O5. The van der Waals surface area contributed by atoms with E-state index in [-0.39, 0.29) is 35.8 Å². The molecule has 2 N–H and O–H groups in total. The molecule has 0 aromatic heterocycles. The number of nitrogens with zero attached hydrogens (tertiary/aromatic N) is 1. The molecule has 8 heteroatoms. The highest BCUT2D eigenvalue weighted by atomic mass is 35.5. The first-order valence-electron chi connectivity index (χ1n) is 13.0. The van der Waals surface area contributed by atoms with Crippen molar-refractivity contribution >= 4 is 29.6 Å². The maximum atomic E-state index is 13.4. The summed E-state index contributed by atoms with van der Waals surface area (Å²) in [5.74, 6) is -1.34. The van der Waals surface area contributed by atoms with Crippen LogP contribution in [0.15, 0.2) is 30.0 Å². The second-order valence-corrected chi connectivity index (χ2v) is 12.9. The van der Waals surface area contributed by atoms with Crippen LogP contribution in [0.2, 0.25) is 5.02 Å². The smallest absolute Gasteiger partial charge is 0.322 e. The van der Waals surface area contributed by atoms with Crippen LogP contribution in [0.25, 0.3) is 0 Å². The molecule has 1 saturated carbocycles. The molecule has 3 rings (SSSR count). The van der Waals surface area contributed by atoms with E-state index in [1.54, 1.807) is 4.90 Å². The largest absolute Gasteiger partial charge is 0.481 e. The van der Waals surface area contributed by atoms with Gasteiger partial charge in [-0.2, -0.15) is 0 Å². The van der Waals surface area contributed by atoms with Gasteiger partial charge in [0.05, 0.1) is 18.6 Å². The average Bonchev–Trinajstić information content (AvgIpc) is 2.76. The number of aryl methyl sites for hydroxylation is 1. The lowest BCUT2D eigenvalue weighted by Crippen LogP contribution is -2.60. The Labute approximate surface area is 225 Å². The molecule has 2 amide bonds. The number of ether oxygens (including phenoxy) is 1. The summed E-state index contributed by atoms with van der Waals surface area (Å²) >= 11 is 6.75. The number of nitrogens with one attached hydrogen (secondary N) is 1. The van der Waals surface area contributed by atoms with Gasteiger partial charge in [-0.05, 0) is 72.6 Å². The van der Waals surface area contributed by atoms with Gasteiger partial charge in [-0.1, -0.05) is 58.4 Å². The van der Waals surface area contributed by atoms with Gasteiger partial charge in [0.2, 0.25) is 0 Å². The maximum Gasteiger partial charge on any atom is 0.322 e. The number of benzene rings is 1. The van der Waals surface area contributed by atoms with Crippen LogP contribution in [-0.2, 0) is 26.3 Å². The van der Waals surface area contributed by atoms with Crippen LogP contribution in [0.3, 0.4) is 0 Å². The second kappa shape index (κ2) is 10.7. The number of carbonyl (C=O) groups excluding carboxylic acids is 2. The Morgan fingerprint density at radius 1 is 1.19 bits per heavy atom. The molecule has 1 aliphatic carbocycles. The van der Waals surface area contributed by atoms with Crippen molar-refractivity contribution < 1.29 is 24.2 Å². The van der Waals surface area contributed by atoms with Crippen LogP contribution in [0, 0.1) is 16.7 Å². The molecule has 1 aliphatic heterocycles. The molecule has 2 aliphatic rings. The highest BCUT2D eigenvalue weighted by molar-refractivity contribution is 6.31. The van der Waals surface area contributed by atoms with E-state index in [0.717, 1.165) is 29.5 Å². The topological polar surface area (TPSA) is 95.9 Å². The number of carboxylic acids is 1. The van der Waals surface area contributed by atoms with Gasteiger partial charge in [0.15, 0.2) is 0 Å². The van der Waals surface area contributed by atoms with E-state index in [1.165, 1.54) is 7.11 Å². The van der Waals surface area contributed by atoms with E-state index >= 15 is 0 Å². The maximum absolute atomic E-state index is 13.4. The first kappa shape index (κ1) is 29.0. The molecule has 1 atom stereocenters. The molecule has 37 heavy (non-hydrogen) atoms. The summed E-state index contributed by atoms with van der Waals surface area (Å²) in [4.78, 5) is 38.4. The number of urea groups is 1. The van der Waals surface area contributed by atoms with Crippen molar-refractivity contribution in [3.63, 3.8) is 0 Å². The highest BCUT2D eigenvalue weighted by Crippen LogP contribution is 2.47. The number of amides is 2. The molecule has 0 spiro atoms. The van der Waals surface area contributed by atoms with Crippen molar-refractivity contribution in [2.75, 3.05) is 7.11 Å². The van der Waals surface area contributed by atoms with Crippen molar-refractivity contribution in [2.24, 2.45) is 16.7 Å². The van der Waals surface area contributed by atoms with Gasteiger partial charge in [0, 0.05) is 23.7 Å². The van der Waals surface area contributed by atoms with E-state index in [0.29, 0.717) is 24.3 Å². The minimum atomic E-state index is -0.882. The Kier molecular flexibility index (Phi) is 8.38. The predicted octanol–water partition coefficient (Wildman–Crippen LogP) is 6.29. The quantitative estimate of drug-likeness (QED) is 0.364. The van der Waals surface area contributed by atoms with Crippen LogP contribution < -0.4 is 5.32 Å². The molecule has 7 nitrogen and oxygen atoms in total. The van der Waals surface area contributed by atoms with E-state index in [1.807, 2.05) is 45.2 Å². The van der Waals surface area contributed by atoms with Crippen molar-refractivity contribution in [3.05, 3.63) is 46.1 Å². The molecule has 1 aromatic rings. The average molecular weight is 533 g/mol. The van der Waals surface area contributed by atoms with Crippen molar-refractivity contribution in [2.45, 2.75) is 91.6 Å². The van der Waals surface area contributed by atoms with Crippen molar-refractivity contribution in [3.8, 4) is 0 Å². The summed E-state index contributed by atoms with van der Waals surface area (Å²) in [5, 5.41) is 13.2. The SMILES string of the molecule is COC(=O)[C@H]1C[C@H](N2C=C(C(C)(C)CCC(=O)O)C(C)(c3ccc(CCC(C)(C)C)c(Cl)c3)NC2=O)C1. The van der Waals surface area contributed by atoms with Crippen molar-refractivity contribution in [1.29, 1.82) is 0 Å². The Bertz CT molecular complexity index is 1080. The molecular weight excluding hydrogens is 492 g/mol. The fourth-order valence-electron chi connectivity index (χ4n) is 5.32. The Hall–Kier alpha value is -2.54. The molecule has 1 unspecified atom stereocenters. The molecule has 1 aromatic carbocycles. The van der Waals surface area contributed by atoms with E-state index in [2.05, 4.69) is 26.1 Å². The summed E-state index contributed by atoms with van der Waals surface area (Å²) in [7, 11) is 1.37. The number of carbonyl (C=O) groups is 3. The van der Waals surface area contributed by atoms with Gasteiger partial charge in [-0.25, -0.2) is 4.79 Å². The number of hydrogen-bond donors (Lipinski definition) is 2. The van der Waals surface area contributed by atoms with Crippen molar-refractivity contribution in [1.82, 2.24) is 10.2 Å². The van der Waals surface area contributed by atoms with Crippen LogP contribution in [-0.4, -0.2) is 41.1 Å². The van der Waals surface area contributed by atoms with Crippen LogP contribution >= 0.6 is 11.6 Å². The predicted molar refractivity (Wildman–Crippen MR) is 144 cm³/mol. The molecule has 204 valence electrons. The molecule has 0 radical (unpaired) electrons. The number of hydrogen-bond acceptors (Lipinski definition) is 4. The summed E-state index contributed by atoms with van der Waals surface area (Å²) in [5.41, 5.74) is 1.58. The summed E-state index contributed by atoms with van der Waals surface area (Å²) in [6, 6.07) is 5.59. The van der Waals surface area contributed by atoms with Crippen LogP contribution in [0.1, 0.15) is 84.8 Å². The monoisotopic (exact) mass is 532 g/mol. The van der Waals surface area contributed by atoms with Gasteiger partial charge in [0.25, 0.3) is 0 Å². The third-order valence-electron chi connectivity index (χ3n) is 7.91. The molecule has 1 fully saturated rings. The van der Waals surface area contributed by atoms with E-state index in [4.69, 9.17) is 16.3 Å². The lowest BCUT2D eigenvalue weighted by molar-refractivity contribution is -0.150. The normalized spacial score (nSPS) is 24.2. The Morgan fingerprint density at radius 3 is 2.38 bits per heavy atom. The van der Waals surface area contributed by atoms with Gasteiger partial charge >= 0.3 is 18.0 Å². The third kappa shape index (κ3) is 6.49. The number of esters is 1. The number of aliphatic carboxylic acids is 1. The third-order valence-corrected chi connectivity index (χ3v) is 8.26. The Morgan fingerprint density at radius 2 is 1.84 bits per heavy atom. The van der Waals surface area contributed by atoms with Crippen LogP contribution in [0.5, 0.6) is 0 Å². The summed E-state index contributed by atoms with van der Waals surface area (Å²) in [6.07, 6.45) is 5.20. The first-order chi connectivity index (χ1) is 17.1. The molecule has 0 bridgehead atoms. The number of rotatable bonds is 9. The number of carboxylic acid groups (broad SMARTS) is 1. The van der Waals surface area contributed by atoms with Gasteiger partial charge < -0.3 is 15.2 Å². The number of methoxy groups -OCH3 is 1. The Balaban J connectivity index is 1.98. The molecule has 1 heterocycles. The minimum Gasteiger partial charge on any atom is -0.481 e. The van der Waals surface area contributed by atoms with E-state index in [9.17, 15) is 19.5 Å². The highest BCUT2D eigenvalue weighted by Gasteiger charge is 2.48. The zero-order chi connectivity index (χ0) is 27.8. The fourth-order valence-corrected chi connectivity index (χ4v) is 5.60. The summed E-state index contributed by atoms with van der Waals surface area (Å²) in [6.45, 7) is 12.6. The first-order valence-corrected chi connectivity index (χ1v) is 13.4. The fraction of sp³-hybridized carbons (Fsp3) is 0.621. The zero-order valence-corrected chi connectivity index (χ0v) is 23.9. The minimum absolute atomic E-state index is 0.00864. The van der Waals surface area contributed by atoms with Crippen LogP contribution in [0.4, 0.5) is 4.79 Å².